The molecule has 1 fully saturated rings. The Morgan fingerprint density at radius 1 is 1.32 bits per heavy atom. The minimum atomic E-state index is -0.865. The summed E-state index contributed by atoms with van der Waals surface area (Å²) in [6, 6.07) is 7.13. The van der Waals surface area contributed by atoms with Gasteiger partial charge in [-0.15, -0.1) is 0 Å². The molecule has 0 spiro atoms. The van der Waals surface area contributed by atoms with Crippen molar-refractivity contribution in [1.29, 1.82) is 0 Å². The summed E-state index contributed by atoms with van der Waals surface area (Å²) in [5.41, 5.74) is 2.04. The van der Waals surface area contributed by atoms with Crippen LogP contribution in [-0.2, 0) is 6.54 Å². The predicted molar refractivity (Wildman–Crippen MR) is 76.3 cm³/mol. The van der Waals surface area contributed by atoms with E-state index in [1.165, 1.54) is 32.1 Å². The first-order valence-corrected chi connectivity index (χ1v) is 7.18. The third kappa shape index (κ3) is 3.57. The number of benzene rings is 1. The fraction of sp³-hybridized carbons (Fsp3) is 0.562. The number of hydrogen-bond donors (Lipinski definition) is 2. The highest BCUT2D eigenvalue weighted by molar-refractivity contribution is 5.87. The van der Waals surface area contributed by atoms with Gasteiger partial charge in [0.2, 0.25) is 0 Å². The Hall–Kier alpha value is -1.35. The van der Waals surface area contributed by atoms with Gasteiger partial charge in [-0.1, -0.05) is 31.9 Å². The molecule has 0 heterocycles. The Balaban J connectivity index is 1.80. The molecule has 1 aromatic carbocycles. The van der Waals surface area contributed by atoms with Gasteiger partial charge < -0.3 is 10.4 Å². The van der Waals surface area contributed by atoms with Crippen LogP contribution in [0.4, 0.5) is 0 Å². The Morgan fingerprint density at radius 2 is 2.00 bits per heavy atom. The highest BCUT2D eigenvalue weighted by Crippen LogP contribution is 2.44. The monoisotopic (exact) mass is 261 g/mol. The highest BCUT2D eigenvalue weighted by atomic mass is 16.4. The molecule has 0 bridgehead atoms. The highest BCUT2D eigenvalue weighted by Gasteiger charge is 2.35. The molecule has 3 nitrogen and oxygen atoms in total. The second-order valence-electron chi connectivity index (χ2n) is 5.71. The first-order valence-electron chi connectivity index (χ1n) is 7.18. The molecule has 1 aliphatic rings. The van der Waals surface area contributed by atoms with Crippen molar-refractivity contribution in [2.75, 3.05) is 6.54 Å². The van der Waals surface area contributed by atoms with Crippen LogP contribution in [0.15, 0.2) is 24.3 Å². The molecule has 104 valence electrons. The summed E-state index contributed by atoms with van der Waals surface area (Å²) in [5.74, 6) is -0.865. The van der Waals surface area contributed by atoms with E-state index in [9.17, 15) is 4.79 Å². The number of aromatic carboxylic acids is 1. The van der Waals surface area contributed by atoms with Gasteiger partial charge in [0.05, 0.1) is 5.56 Å². The van der Waals surface area contributed by atoms with E-state index in [-0.39, 0.29) is 0 Å². The first-order chi connectivity index (χ1) is 9.15. The zero-order chi connectivity index (χ0) is 13.7. The van der Waals surface area contributed by atoms with Crippen molar-refractivity contribution < 1.29 is 9.90 Å². The summed E-state index contributed by atoms with van der Waals surface area (Å²) in [6.45, 7) is 4.16. The van der Waals surface area contributed by atoms with Gasteiger partial charge >= 0.3 is 5.97 Å². The number of hydrogen-bond acceptors (Lipinski definition) is 2. The molecule has 0 unspecified atom stereocenters. The van der Waals surface area contributed by atoms with Crippen molar-refractivity contribution in [3.05, 3.63) is 35.4 Å². The molecule has 1 saturated carbocycles. The smallest absolute Gasteiger partial charge is 0.335 e. The standard InChI is InChI=1S/C16H23NO2/c1-2-8-16(9-3-10-16)12-17-11-13-4-6-14(7-5-13)15(18)19/h4-7,17H,2-3,8-12H2,1H3,(H,18,19). The van der Waals surface area contributed by atoms with Crippen molar-refractivity contribution in [3.63, 3.8) is 0 Å². The second kappa shape index (κ2) is 6.20. The summed E-state index contributed by atoms with van der Waals surface area (Å²) in [7, 11) is 0. The molecule has 1 aromatic rings. The van der Waals surface area contributed by atoms with E-state index in [2.05, 4.69) is 12.2 Å². The van der Waals surface area contributed by atoms with Crippen molar-refractivity contribution in [2.24, 2.45) is 5.41 Å². The molecule has 0 atom stereocenters. The minimum Gasteiger partial charge on any atom is -0.478 e. The van der Waals surface area contributed by atoms with Crippen LogP contribution in [0.3, 0.4) is 0 Å². The summed E-state index contributed by atoms with van der Waals surface area (Å²) < 4.78 is 0. The molecule has 2 N–H and O–H groups in total. The number of carboxylic acid groups (broad SMARTS) is 1. The molecular weight excluding hydrogens is 238 g/mol. The number of carbonyl (C=O) groups is 1. The summed E-state index contributed by atoms with van der Waals surface area (Å²) in [6.07, 6.45) is 6.65. The van der Waals surface area contributed by atoms with E-state index in [0.717, 1.165) is 18.7 Å². The van der Waals surface area contributed by atoms with Gasteiger partial charge in [-0.2, -0.15) is 0 Å². The van der Waals surface area contributed by atoms with Crippen LogP contribution in [0.1, 0.15) is 54.9 Å². The average molecular weight is 261 g/mol. The Kier molecular flexibility index (Phi) is 4.59. The maximum atomic E-state index is 10.8. The Labute approximate surface area is 115 Å². The molecular formula is C16H23NO2. The molecule has 0 radical (unpaired) electrons. The van der Waals surface area contributed by atoms with Crippen LogP contribution in [-0.4, -0.2) is 17.6 Å². The van der Waals surface area contributed by atoms with E-state index < -0.39 is 5.97 Å². The quantitative estimate of drug-likeness (QED) is 0.790. The van der Waals surface area contributed by atoms with Gasteiger partial charge in [-0.25, -0.2) is 4.79 Å². The normalized spacial score (nSPS) is 16.9. The van der Waals surface area contributed by atoms with Gasteiger partial charge in [0, 0.05) is 13.1 Å². The Morgan fingerprint density at radius 3 is 2.47 bits per heavy atom. The number of rotatable bonds is 7. The maximum Gasteiger partial charge on any atom is 0.335 e. The fourth-order valence-electron chi connectivity index (χ4n) is 2.96. The molecule has 2 rings (SSSR count). The molecule has 0 aliphatic heterocycles. The van der Waals surface area contributed by atoms with Crippen molar-refractivity contribution in [3.8, 4) is 0 Å². The van der Waals surface area contributed by atoms with Gasteiger partial charge in [-0.05, 0) is 42.4 Å². The minimum absolute atomic E-state index is 0.352. The molecule has 3 heteroatoms. The summed E-state index contributed by atoms with van der Waals surface area (Å²) >= 11 is 0. The van der Waals surface area contributed by atoms with Gasteiger partial charge in [0.1, 0.15) is 0 Å². The van der Waals surface area contributed by atoms with Crippen molar-refractivity contribution >= 4 is 5.97 Å². The maximum absolute atomic E-state index is 10.8. The third-order valence-corrected chi connectivity index (χ3v) is 4.22. The molecule has 1 aliphatic carbocycles. The lowest BCUT2D eigenvalue weighted by molar-refractivity contribution is 0.0697. The lowest BCUT2D eigenvalue weighted by Crippen LogP contribution is -2.39. The zero-order valence-electron chi connectivity index (χ0n) is 11.6. The molecule has 0 saturated heterocycles. The van der Waals surface area contributed by atoms with E-state index in [1.54, 1.807) is 12.1 Å². The van der Waals surface area contributed by atoms with Crippen LogP contribution >= 0.6 is 0 Å². The lowest BCUT2D eigenvalue weighted by Gasteiger charge is -2.42. The fourth-order valence-corrected chi connectivity index (χ4v) is 2.96. The zero-order valence-corrected chi connectivity index (χ0v) is 11.6. The summed E-state index contributed by atoms with van der Waals surface area (Å²) in [4.78, 5) is 10.8. The van der Waals surface area contributed by atoms with Gasteiger partial charge in [0.15, 0.2) is 0 Å². The number of carboxylic acids is 1. The largest absolute Gasteiger partial charge is 0.478 e. The van der Waals surface area contributed by atoms with Crippen molar-refractivity contribution in [1.82, 2.24) is 5.32 Å². The van der Waals surface area contributed by atoms with E-state index in [1.807, 2.05) is 12.1 Å². The molecule has 0 amide bonds. The average Bonchev–Trinajstić information content (AvgIpc) is 2.36. The van der Waals surface area contributed by atoms with Crippen LogP contribution < -0.4 is 5.32 Å². The lowest BCUT2D eigenvalue weighted by atomic mass is 9.66. The SMILES string of the molecule is CCCC1(CNCc2ccc(C(=O)O)cc2)CCC1. The summed E-state index contributed by atoms with van der Waals surface area (Å²) in [5, 5.41) is 12.4. The Bertz CT molecular complexity index is 421. The second-order valence-corrected chi connectivity index (χ2v) is 5.71. The van der Waals surface area contributed by atoms with Gasteiger partial charge in [-0.3, -0.25) is 0 Å². The van der Waals surface area contributed by atoms with E-state index in [4.69, 9.17) is 5.11 Å². The van der Waals surface area contributed by atoms with Crippen molar-refractivity contribution in [2.45, 2.75) is 45.6 Å². The predicted octanol–water partition coefficient (Wildman–Crippen LogP) is 3.44. The van der Waals surface area contributed by atoms with E-state index >= 15 is 0 Å². The van der Waals surface area contributed by atoms with E-state index in [0.29, 0.717) is 11.0 Å². The van der Waals surface area contributed by atoms with Crippen LogP contribution in [0.2, 0.25) is 0 Å². The number of nitrogens with one attached hydrogen (secondary N) is 1. The van der Waals surface area contributed by atoms with Gasteiger partial charge in [0.25, 0.3) is 0 Å². The van der Waals surface area contributed by atoms with Crippen LogP contribution in [0, 0.1) is 5.41 Å². The van der Waals surface area contributed by atoms with Crippen LogP contribution in [0.5, 0.6) is 0 Å². The van der Waals surface area contributed by atoms with Crippen LogP contribution in [0.25, 0.3) is 0 Å². The third-order valence-electron chi connectivity index (χ3n) is 4.22. The molecule has 0 aromatic heterocycles. The topological polar surface area (TPSA) is 49.3 Å². The first kappa shape index (κ1) is 14.1. The molecule has 19 heavy (non-hydrogen) atoms.